The first-order chi connectivity index (χ1) is 13.4. The van der Waals surface area contributed by atoms with Crippen LogP contribution < -0.4 is 15.4 Å². The lowest BCUT2D eigenvalue weighted by atomic mass is 10.2. The number of methoxy groups -OCH3 is 1. The van der Waals surface area contributed by atoms with E-state index in [1.807, 2.05) is 0 Å². The van der Waals surface area contributed by atoms with Gasteiger partial charge in [0.05, 0.1) is 18.2 Å². The van der Waals surface area contributed by atoms with Gasteiger partial charge in [0.25, 0.3) is 5.91 Å². The van der Waals surface area contributed by atoms with Crippen LogP contribution in [0, 0.1) is 0 Å². The number of nitrogens with one attached hydrogen (secondary N) is 2. The zero-order valence-electron chi connectivity index (χ0n) is 14.7. The fourth-order valence-corrected chi connectivity index (χ4v) is 2.47. The van der Waals surface area contributed by atoms with E-state index in [0.717, 1.165) is 12.1 Å². The minimum atomic E-state index is -4.41. The maximum absolute atomic E-state index is 12.7. The molecule has 0 saturated carbocycles. The average Bonchev–Trinajstić information content (AvgIpc) is 2.68. The lowest BCUT2D eigenvalue weighted by Crippen LogP contribution is -2.14. The molecule has 0 atom stereocenters. The predicted octanol–water partition coefficient (Wildman–Crippen LogP) is 5.10. The fraction of sp³-hybridized carbons (Fsp3) is 0.100. The number of carbonyl (C=O) groups is 1. The van der Waals surface area contributed by atoms with Crippen molar-refractivity contribution in [1.29, 1.82) is 0 Å². The van der Waals surface area contributed by atoms with Crippen LogP contribution in [0.4, 0.5) is 30.4 Å². The summed E-state index contributed by atoms with van der Waals surface area (Å²) in [6.45, 7) is 0. The summed E-state index contributed by atoms with van der Waals surface area (Å²) in [6, 6.07) is 14.5. The van der Waals surface area contributed by atoms with Crippen LogP contribution in [-0.2, 0) is 6.18 Å². The number of amides is 1. The molecule has 0 aliphatic heterocycles. The molecule has 0 radical (unpaired) electrons. The Morgan fingerprint density at radius 3 is 2.43 bits per heavy atom. The van der Waals surface area contributed by atoms with Gasteiger partial charge in [-0.3, -0.25) is 4.79 Å². The van der Waals surface area contributed by atoms with Gasteiger partial charge in [0.2, 0.25) is 0 Å². The van der Waals surface area contributed by atoms with Crippen molar-refractivity contribution in [2.24, 2.45) is 0 Å². The number of rotatable bonds is 5. The van der Waals surface area contributed by atoms with E-state index in [0.29, 0.717) is 17.1 Å². The van der Waals surface area contributed by atoms with E-state index < -0.39 is 17.6 Å². The number of hydrogen-bond acceptors (Lipinski definition) is 4. The number of alkyl halides is 3. The van der Waals surface area contributed by atoms with Crippen molar-refractivity contribution < 1.29 is 22.7 Å². The molecule has 8 heteroatoms. The van der Waals surface area contributed by atoms with Gasteiger partial charge in [-0.2, -0.15) is 13.2 Å². The molecule has 1 heterocycles. The monoisotopic (exact) mass is 387 g/mol. The zero-order valence-corrected chi connectivity index (χ0v) is 14.7. The van der Waals surface area contributed by atoms with Gasteiger partial charge < -0.3 is 15.4 Å². The Bertz CT molecular complexity index is 973. The fourth-order valence-electron chi connectivity index (χ4n) is 2.47. The summed E-state index contributed by atoms with van der Waals surface area (Å²) in [6.07, 6.45) is -2.93. The van der Waals surface area contributed by atoms with Gasteiger partial charge in [-0.25, -0.2) is 4.98 Å². The maximum atomic E-state index is 12.7. The topological polar surface area (TPSA) is 63.2 Å². The molecule has 0 unspecified atom stereocenters. The van der Waals surface area contributed by atoms with Crippen LogP contribution in [0.15, 0.2) is 66.9 Å². The Morgan fingerprint density at radius 2 is 1.75 bits per heavy atom. The van der Waals surface area contributed by atoms with Crippen molar-refractivity contribution in [1.82, 2.24) is 4.98 Å². The van der Waals surface area contributed by atoms with Crippen molar-refractivity contribution in [2.75, 3.05) is 17.7 Å². The average molecular weight is 387 g/mol. The van der Waals surface area contributed by atoms with Gasteiger partial charge in [-0.05, 0) is 48.5 Å². The molecular weight excluding hydrogens is 371 g/mol. The van der Waals surface area contributed by atoms with Crippen LogP contribution in [0.25, 0.3) is 0 Å². The van der Waals surface area contributed by atoms with E-state index in [9.17, 15) is 18.0 Å². The van der Waals surface area contributed by atoms with Crippen LogP contribution in [-0.4, -0.2) is 18.0 Å². The van der Waals surface area contributed by atoms with Gasteiger partial charge in [0.15, 0.2) is 0 Å². The second kappa shape index (κ2) is 7.99. The van der Waals surface area contributed by atoms with Gasteiger partial charge in [0.1, 0.15) is 11.6 Å². The summed E-state index contributed by atoms with van der Waals surface area (Å²) in [4.78, 5) is 16.8. The summed E-state index contributed by atoms with van der Waals surface area (Å²) < 4.78 is 43.2. The summed E-state index contributed by atoms with van der Waals surface area (Å²) in [5.41, 5.74) is 0.399. The first-order valence-corrected chi connectivity index (χ1v) is 8.21. The minimum Gasteiger partial charge on any atom is -0.497 e. The van der Waals surface area contributed by atoms with Crippen LogP contribution >= 0.6 is 0 Å². The Kier molecular flexibility index (Phi) is 5.49. The second-order valence-electron chi connectivity index (χ2n) is 5.79. The first kappa shape index (κ1) is 19.2. The third-order valence-electron chi connectivity index (χ3n) is 3.85. The lowest BCUT2D eigenvalue weighted by Gasteiger charge is -2.12. The van der Waals surface area contributed by atoms with Gasteiger partial charge in [-0.15, -0.1) is 0 Å². The summed E-state index contributed by atoms with van der Waals surface area (Å²) in [5.74, 6) is 0.394. The number of benzene rings is 2. The maximum Gasteiger partial charge on any atom is 0.416 e. The third kappa shape index (κ3) is 4.59. The van der Waals surface area contributed by atoms with Crippen molar-refractivity contribution in [3.8, 4) is 5.75 Å². The zero-order chi connectivity index (χ0) is 20.1. The van der Waals surface area contributed by atoms with Gasteiger partial charge in [-0.1, -0.05) is 6.07 Å². The molecule has 1 aromatic heterocycles. The lowest BCUT2D eigenvalue weighted by molar-refractivity contribution is -0.137. The Hall–Kier alpha value is -3.55. The molecule has 0 fully saturated rings. The number of anilines is 3. The summed E-state index contributed by atoms with van der Waals surface area (Å²) in [5, 5.41) is 5.62. The number of carbonyl (C=O) groups excluding carboxylic acids is 1. The highest BCUT2D eigenvalue weighted by atomic mass is 19.4. The van der Waals surface area contributed by atoms with E-state index in [1.165, 1.54) is 25.4 Å². The van der Waals surface area contributed by atoms with E-state index in [2.05, 4.69) is 15.6 Å². The summed E-state index contributed by atoms with van der Waals surface area (Å²) in [7, 11) is 1.52. The molecule has 0 aliphatic rings. The molecule has 0 bridgehead atoms. The van der Waals surface area contributed by atoms with Crippen LogP contribution in [0.3, 0.4) is 0 Å². The van der Waals surface area contributed by atoms with Crippen molar-refractivity contribution >= 4 is 23.1 Å². The van der Waals surface area contributed by atoms with Gasteiger partial charge in [0, 0.05) is 23.6 Å². The minimum absolute atomic E-state index is 0.225. The summed E-state index contributed by atoms with van der Waals surface area (Å²) >= 11 is 0. The molecule has 144 valence electrons. The SMILES string of the molecule is COc1cccc(NC(=O)c2cccnc2Nc2ccc(C(F)(F)F)cc2)c1. The third-order valence-corrected chi connectivity index (χ3v) is 3.85. The number of ether oxygens (including phenoxy) is 1. The van der Waals surface area contributed by atoms with E-state index in [-0.39, 0.29) is 11.4 Å². The molecule has 2 N–H and O–H groups in total. The number of hydrogen-bond donors (Lipinski definition) is 2. The molecule has 0 spiro atoms. The highest BCUT2D eigenvalue weighted by molar-refractivity contribution is 6.07. The molecular formula is C20H16F3N3O2. The van der Waals surface area contributed by atoms with Crippen LogP contribution in [0.2, 0.25) is 0 Å². The largest absolute Gasteiger partial charge is 0.497 e. The Labute approximate surface area is 159 Å². The normalized spacial score (nSPS) is 11.0. The number of pyridine rings is 1. The molecule has 5 nitrogen and oxygen atoms in total. The first-order valence-electron chi connectivity index (χ1n) is 8.21. The van der Waals surface area contributed by atoms with E-state index >= 15 is 0 Å². The van der Waals surface area contributed by atoms with Crippen LogP contribution in [0.1, 0.15) is 15.9 Å². The van der Waals surface area contributed by atoms with Crippen molar-refractivity contribution in [3.63, 3.8) is 0 Å². The van der Waals surface area contributed by atoms with Crippen LogP contribution in [0.5, 0.6) is 5.75 Å². The van der Waals surface area contributed by atoms with E-state index in [1.54, 1.807) is 36.4 Å². The highest BCUT2D eigenvalue weighted by Crippen LogP contribution is 2.30. The molecule has 0 saturated heterocycles. The molecule has 2 aromatic carbocycles. The standard InChI is InChI=1S/C20H16F3N3O2/c1-28-16-5-2-4-15(12-16)26-19(27)17-6-3-11-24-18(17)25-14-9-7-13(8-10-14)20(21,22)23/h2-12H,1H3,(H,24,25)(H,26,27). The van der Waals surface area contributed by atoms with E-state index in [4.69, 9.17) is 4.74 Å². The molecule has 28 heavy (non-hydrogen) atoms. The smallest absolute Gasteiger partial charge is 0.416 e. The van der Waals surface area contributed by atoms with Crippen molar-refractivity contribution in [3.05, 3.63) is 78.0 Å². The highest BCUT2D eigenvalue weighted by Gasteiger charge is 2.30. The molecule has 0 aliphatic carbocycles. The quantitative estimate of drug-likeness (QED) is 0.639. The predicted molar refractivity (Wildman–Crippen MR) is 99.9 cm³/mol. The molecule has 3 aromatic rings. The van der Waals surface area contributed by atoms with Crippen molar-refractivity contribution in [2.45, 2.75) is 6.18 Å². The number of halogens is 3. The number of nitrogens with zero attached hydrogens (tertiary/aromatic N) is 1. The molecule has 1 amide bonds. The number of aromatic nitrogens is 1. The molecule has 3 rings (SSSR count). The second-order valence-corrected chi connectivity index (χ2v) is 5.79. The Morgan fingerprint density at radius 1 is 1.00 bits per heavy atom. The van der Waals surface area contributed by atoms with Gasteiger partial charge >= 0.3 is 6.18 Å². The Balaban J connectivity index is 1.79.